The molecule has 0 saturated carbocycles. The summed E-state index contributed by atoms with van der Waals surface area (Å²) in [6.07, 6.45) is -4.57. The second kappa shape index (κ2) is 9.62. The first-order valence-electron chi connectivity index (χ1n) is 11.7. The predicted octanol–water partition coefficient (Wildman–Crippen LogP) is 6.02. The van der Waals surface area contributed by atoms with Crippen LogP contribution in [0.3, 0.4) is 0 Å². The van der Waals surface area contributed by atoms with Gasteiger partial charge in [-0.05, 0) is 55.5 Å². The molecular formula is C27H22F5N3O3. The van der Waals surface area contributed by atoms with Gasteiger partial charge >= 0.3 is 6.18 Å². The number of ether oxygens (including phenoxy) is 2. The second-order valence-electron chi connectivity index (χ2n) is 9.03. The number of methoxy groups -OCH3 is 1. The zero-order valence-corrected chi connectivity index (χ0v) is 20.4. The quantitative estimate of drug-likeness (QED) is 0.380. The summed E-state index contributed by atoms with van der Waals surface area (Å²) in [6, 6.07) is 10.3. The van der Waals surface area contributed by atoms with Crippen LogP contribution in [0.25, 0.3) is 0 Å². The molecule has 0 bridgehead atoms. The summed E-state index contributed by atoms with van der Waals surface area (Å²) in [5.74, 6) is -0.836. The van der Waals surface area contributed by atoms with Crippen LogP contribution in [-0.4, -0.2) is 54.3 Å². The van der Waals surface area contributed by atoms with Crippen LogP contribution in [0.5, 0.6) is 17.2 Å². The number of hydrogen-bond donors (Lipinski definition) is 0. The van der Waals surface area contributed by atoms with Crippen molar-refractivity contribution in [3.8, 4) is 17.2 Å². The number of amidine groups is 1. The fourth-order valence-corrected chi connectivity index (χ4v) is 4.60. The van der Waals surface area contributed by atoms with Gasteiger partial charge in [-0.3, -0.25) is 4.79 Å². The van der Waals surface area contributed by atoms with Gasteiger partial charge in [0.05, 0.1) is 18.2 Å². The van der Waals surface area contributed by atoms with E-state index in [2.05, 4.69) is 4.99 Å². The second-order valence-corrected chi connectivity index (χ2v) is 9.03. The summed E-state index contributed by atoms with van der Waals surface area (Å²) in [4.78, 5) is 21.0. The molecular weight excluding hydrogens is 509 g/mol. The van der Waals surface area contributed by atoms with Crippen molar-refractivity contribution in [1.29, 1.82) is 0 Å². The summed E-state index contributed by atoms with van der Waals surface area (Å²) in [6.45, 7) is 2.48. The van der Waals surface area contributed by atoms with E-state index in [4.69, 9.17) is 9.47 Å². The highest BCUT2D eigenvalue weighted by Gasteiger charge is 2.34. The molecule has 3 aromatic carbocycles. The van der Waals surface area contributed by atoms with Crippen molar-refractivity contribution in [2.45, 2.75) is 19.1 Å². The monoisotopic (exact) mass is 531 g/mol. The number of aliphatic imine (C=N–C) groups is 1. The van der Waals surface area contributed by atoms with Crippen LogP contribution in [0.1, 0.15) is 28.4 Å². The van der Waals surface area contributed by atoms with E-state index >= 15 is 0 Å². The van der Waals surface area contributed by atoms with Crippen molar-refractivity contribution in [2.75, 3.05) is 26.7 Å². The number of halogens is 5. The highest BCUT2D eigenvalue weighted by Crippen LogP contribution is 2.42. The molecule has 2 aliphatic rings. The first-order chi connectivity index (χ1) is 18.0. The van der Waals surface area contributed by atoms with E-state index in [9.17, 15) is 26.7 Å². The fraction of sp³-hybridized carbons (Fsp3) is 0.259. The molecule has 1 saturated heterocycles. The Labute approximate surface area is 214 Å². The first-order valence-corrected chi connectivity index (χ1v) is 11.7. The first kappa shape index (κ1) is 25.5. The molecule has 1 fully saturated rings. The zero-order chi connectivity index (χ0) is 27.2. The molecule has 1 amide bonds. The lowest BCUT2D eigenvalue weighted by molar-refractivity contribution is -0.137. The molecule has 2 aliphatic heterocycles. The molecule has 1 atom stereocenters. The van der Waals surface area contributed by atoms with Crippen LogP contribution >= 0.6 is 0 Å². The van der Waals surface area contributed by atoms with Crippen molar-refractivity contribution in [3.05, 3.63) is 82.9 Å². The number of rotatable bonds is 2. The number of alkyl halides is 3. The Bertz CT molecular complexity index is 1420. The molecule has 5 rings (SSSR count). The van der Waals surface area contributed by atoms with Gasteiger partial charge in [0.15, 0.2) is 5.75 Å². The molecule has 0 spiro atoms. The van der Waals surface area contributed by atoms with Gasteiger partial charge in [0.2, 0.25) is 0 Å². The number of piperazine rings is 1. The van der Waals surface area contributed by atoms with E-state index < -0.39 is 35.3 Å². The maximum atomic E-state index is 13.7. The summed E-state index contributed by atoms with van der Waals surface area (Å²) in [7, 11) is 1.49. The molecule has 198 valence electrons. The van der Waals surface area contributed by atoms with Gasteiger partial charge in [0.1, 0.15) is 34.7 Å². The Balaban J connectivity index is 1.51. The average Bonchev–Trinajstić information content (AvgIpc) is 3.03. The van der Waals surface area contributed by atoms with Crippen molar-refractivity contribution in [2.24, 2.45) is 4.99 Å². The van der Waals surface area contributed by atoms with Crippen LogP contribution in [0, 0.1) is 11.6 Å². The summed E-state index contributed by atoms with van der Waals surface area (Å²) >= 11 is 0. The highest BCUT2D eigenvalue weighted by atomic mass is 19.4. The number of benzene rings is 3. The number of hydrogen-bond acceptors (Lipinski definition) is 5. The Morgan fingerprint density at radius 1 is 1.00 bits per heavy atom. The van der Waals surface area contributed by atoms with E-state index in [1.54, 1.807) is 25.1 Å². The van der Waals surface area contributed by atoms with E-state index in [0.29, 0.717) is 29.0 Å². The summed E-state index contributed by atoms with van der Waals surface area (Å²) in [5, 5.41) is 0. The third kappa shape index (κ3) is 4.88. The Morgan fingerprint density at radius 3 is 2.37 bits per heavy atom. The zero-order valence-electron chi connectivity index (χ0n) is 20.4. The molecule has 0 N–H and O–H groups in total. The minimum absolute atomic E-state index is 0.00591. The van der Waals surface area contributed by atoms with Gasteiger partial charge in [-0.2, -0.15) is 13.2 Å². The van der Waals surface area contributed by atoms with Gasteiger partial charge in [-0.25, -0.2) is 13.8 Å². The highest BCUT2D eigenvalue weighted by molar-refractivity contribution is 6.04. The van der Waals surface area contributed by atoms with Gasteiger partial charge in [-0.15, -0.1) is 0 Å². The van der Waals surface area contributed by atoms with Crippen molar-refractivity contribution < 1.29 is 36.2 Å². The fourth-order valence-electron chi connectivity index (χ4n) is 4.60. The summed E-state index contributed by atoms with van der Waals surface area (Å²) < 4.78 is 79.0. The maximum Gasteiger partial charge on any atom is 0.416 e. The van der Waals surface area contributed by atoms with Crippen LogP contribution in [-0.2, 0) is 6.18 Å². The lowest BCUT2D eigenvalue weighted by atomic mass is 10.1. The third-order valence-corrected chi connectivity index (χ3v) is 6.46. The SMILES string of the molecule is COc1ccc2c(c1)C(N1CCN(C(=O)c3cc(F)cc(F)c3)[C@H](C)C1)=Nc1cc(C(F)(F)F)ccc1O2. The maximum absolute atomic E-state index is 13.7. The van der Waals surface area contributed by atoms with Crippen molar-refractivity contribution >= 4 is 17.4 Å². The number of fused-ring (bicyclic) bond motifs is 2. The number of carbonyl (C=O) groups is 1. The van der Waals surface area contributed by atoms with Gasteiger partial charge in [-0.1, -0.05) is 0 Å². The van der Waals surface area contributed by atoms with Crippen LogP contribution in [0.15, 0.2) is 59.6 Å². The Morgan fingerprint density at radius 2 is 1.71 bits per heavy atom. The van der Waals surface area contributed by atoms with E-state index in [1.165, 1.54) is 18.1 Å². The molecule has 3 aromatic rings. The van der Waals surface area contributed by atoms with Crippen molar-refractivity contribution in [3.63, 3.8) is 0 Å². The molecule has 0 unspecified atom stereocenters. The van der Waals surface area contributed by atoms with Crippen LogP contribution in [0.4, 0.5) is 27.6 Å². The predicted molar refractivity (Wildman–Crippen MR) is 129 cm³/mol. The third-order valence-electron chi connectivity index (χ3n) is 6.46. The molecule has 0 radical (unpaired) electrons. The van der Waals surface area contributed by atoms with Crippen LogP contribution in [0.2, 0.25) is 0 Å². The van der Waals surface area contributed by atoms with Gasteiger partial charge in [0, 0.05) is 37.3 Å². The molecule has 11 heteroatoms. The molecule has 0 aliphatic carbocycles. The lowest BCUT2D eigenvalue weighted by Crippen LogP contribution is -2.55. The van der Waals surface area contributed by atoms with E-state index in [-0.39, 0.29) is 36.6 Å². The average molecular weight is 531 g/mol. The largest absolute Gasteiger partial charge is 0.497 e. The molecule has 2 heterocycles. The smallest absolute Gasteiger partial charge is 0.416 e. The Hall–Kier alpha value is -4.15. The minimum Gasteiger partial charge on any atom is -0.497 e. The van der Waals surface area contributed by atoms with Crippen molar-refractivity contribution in [1.82, 2.24) is 9.80 Å². The van der Waals surface area contributed by atoms with E-state index in [0.717, 1.165) is 24.3 Å². The number of amides is 1. The van der Waals surface area contributed by atoms with Crippen LogP contribution < -0.4 is 9.47 Å². The minimum atomic E-state index is -4.57. The van der Waals surface area contributed by atoms with Gasteiger partial charge < -0.3 is 19.3 Å². The standard InChI is InChI=1S/C27H22F5N3O3/c1-15-14-34(7-8-35(15)26(36)16-9-18(28)12-19(29)10-16)25-21-13-20(37-2)4-6-23(21)38-24-5-3-17(27(30,31)32)11-22(24)33-25/h3-6,9-13,15H,7-8,14H2,1-2H3/t15-/m1/s1. The molecule has 0 aromatic heterocycles. The lowest BCUT2D eigenvalue weighted by Gasteiger charge is -2.41. The summed E-state index contributed by atoms with van der Waals surface area (Å²) in [5.41, 5.74) is -0.455. The normalized spacial score (nSPS) is 17.1. The topological polar surface area (TPSA) is 54.4 Å². The number of nitrogens with zero attached hydrogens (tertiary/aromatic N) is 3. The Kier molecular flexibility index (Phi) is 6.46. The molecule has 38 heavy (non-hydrogen) atoms. The van der Waals surface area contributed by atoms with E-state index in [1.807, 2.05) is 4.90 Å². The van der Waals surface area contributed by atoms with Gasteiger partial charge in [0.25, 0.3) is 5.91 Å². The molecule has 6 nitrogen and oxygen atoms in total. The number of carbonyl (C=O) groups excluding carboxylic acids is 1.